The molecule has 3 heteroatoms. The summed E-state index contributed by atoms with van der Waals surface area (Å²) < 4.78 is 10.1. The van der Waals surface area contributed by atoms with E-state index in [9.17, 15) is 5.11 Å². The highest BCUT2D eigenvalue weighted by Crippen LogP contribution is 2.19. The predicted molar refractivity (Wildman–Crippen MR) is 36.6 cm³/mol. The third-order valence-electron chi connectivity index (χ3n) is 1.85. The molecule has 0 radical (unpaired) electrons. The van der Waals surface area contributed by atoms with Crippen LogP contribution in [0, 0.1) is 0 Å². The van der Waals surface area contributed by atoms with Crippen molar-refractivity contribution in [2.45, 2.75) is 38.3 Å². The first-order chi connectivity index (χ1) is 4.74. The Labute approximate surface area is 60.9 Å². The highest BCUT2D eigenvalue weighted by Gasteiger charge is 2.26. The van der Waals surface area contributed by atoms with Crippen molar-refractivity contribution in [2.24, 2.45) is 0 Å². The number of aliphatic hydroxyl groups excluding tert-OH is 1. The van der Waals surface area contributed by atoms with E-state index >= 15 is 0 Å². The van der Waals surface area contributed by atoms with Gasteiger partial charge in [0.1, 0.15) is 6.10 Å². The van der Waals surface area contributed by atoms with Crippen LogP contribution >= 0.6 is 0 Å². The van der Waals surface area contributed by atoms with E-state index < -0.39 is 6.29 Å². The fourth-order valence-electron chi connectivity index (χ4n) is 1.17. The Bertz CT molecular complexity index is 105. The number of methoxy groups -OCH3 is 1. The van der Waals surface area contributed by atoms with Gasteiger partial charge in [0.25, 0.3) is 0 Å². The van der Waals surface area contributed by atoms with Gasteiger partial charge in [-0.2, -0.15) is 0 Å². The second-order valence-electron chi connectivity index (χ2n) is 2.69. The molecule has 10 heavy (non-hydrogen) atoms. The monoisotopic (exact) mass is 146 g/mol. The minimum Gasteiger partial charge on any atom is -0.376 e. The Morgan fingerprint density at radius 2 is 2.20 bits per heavy atom. The highest BCUT2D eigenvalue weighted by atomic mass is 16.6. The first kappa shape index (κ1) is 7.98. The van der Waals surface area contributed by atoms with Crippen molar-refractivity contribution in [2.75, 3.05) is 7.11 Å². The van der Waals surface area contributed by atoms with E-state index in [0.717, 1.165) is 12.8 Å². The number of rotatable bonds is 1. The molecule has 0 unspecified atom stereocenters. The minimum atomic E-state index is -0.728. The average Bonchev–Trinajstić information content (AvgIpc) is 1.88. The van der Waals surface area contributed by atoms with Gasteiger partial charge in [0.2, 0.25) is 0 Å². The van der Waals surface area contributed by atoms with E-state index in [2.05, 4.69) is 0 Å². The Balaban J connectivity index is 2.36. The lowest BCUT2D eigenvalue weighted by Gasteiger charge is -2.30. The maximum absolute atomic E-state index is 9.19. The van der Waals surface area contributed by atoms with Crippen molar-refractivity contribution >= 4 is 0 Å². The van der Waals surface area contributed by atoms with Crippen molar-refractivity contribution in [1.29, 1.82) is 0 Å². The van der Waals surface area contributed by atoms with E-state index in [1.165, 1.54) is 0 Å². The molecule has 60 valence electrons. The van der Waals surface area contributed by atoms with Gasteiger partial charge in [-0.15, -0.1) is 0 Å². The number of hydrogen-bond acceptors (Lipinski definition) is 3. The van der Waals surface area contributed by atoms with E-state index in [4.69, 9.17) is 9.47 Å². The summed E-state index contributed by atoms with van der Waals surface area (Å²) in [4.78, 5) is 0. The van der Waals surface area contributed by atoms with Gasteiger partial charge in [-0.3, -0.25) is 0 Å². The molecule has 1 saturated heterocycles. The second-order valence-corrected chi connectivity index (χ2v) is 2.69. The molecule has 3 atom stereocenters. The van der Waals surface area contributed by atoms with Crippen LogP contribution in [0.2, 0.25) is 0 Å². The van der Waals surface area contributed by atoms with Crippen molar-refractivity contribution in [3.05, 3.63) is 0 Å². The third kappa shape index (κ3) is 1.68. The van der Waals surface area contributed by atoms with E-state index in [0.29, 0.717) is 0 Å². The second kappa shape index (κ2) is 3.32. The lowest BCUT2D eigenvalue weighted by Crippen LogP contribution is -2.38. The number of ether oxygens (including phenoxy) is 2. The highest BCUT2D eigenvalue weighted by molar-refractivity contribution is 4.70. The van der Waals surface area contributed by atoms with Crippen LogP contribution in [0.15, 0.2) is 0 Å². The molecule has 1 aliphatic heterocycles. The van der Waals surface area contributed by atoms with Crippen LogP contribution in [-0.4, -0.2) is 30.7 Å². The summed E-state index contributed by atoms with van der Waals surface area (Å²) in [5.41, 5.74) is 0. The lowest BCUT2D eigenvalue weighted by atomic mass is 10.1. The SMILES string of the molecule is CO[C@@H]1CC[C@@H](C)O[C@H]1O. The molecule has 0 aromatic rings. The molecule has 1 fully saturated rings. The Kier molecular flexibility index (Phi) is 2.65. The normalized spacial score (nSPS) is 41.7. The van der Waals surface area contributed by atoms with Crippen molar-refractivity contribution in [3.8, 4) is 0 Å². The molecule has 3 nitrogen and oxygen atoms in total. The molecule has 1 heterocycles. The zero-order chi connectivity index (χ0) is 7.56. The molecule has 1 aliphatic rings. The zero-order valence-electron chi connectivity index (χ0n) is 6.41. The molecule has 0 amide bonds. The molecule has 0 bridgehead atoms. The van der Waals surface area contributed by atoms with Crippen LogP contribution < -0.4 is 0 Å². The van der Waals surface area contributed by atoms with Crippen molar-refractivity contribution < 1.29 is 14.6 Å². The van der Waals surface area contributed by atoms with Crippen LogP contribution in [0.4, 0.5) is 0 Å². The van der Waals surface area contributed by atoms with Gasteiger partial charge in [-0.1, -0.05) is 0 Å². The first-order valence-corrected chi connectivity index (χ1v) is 3.60. The summed E-state index contributed by atoms with van der Waals surface area (Å²) in [6, 6.07) is 0. The van der Waals surface area contributed by atoms with Crippen LogP contribution in [-0.2, 0) is 9.47 Å². The van der Waals surface area contributed by atoms with Crippen LogP contribution in [0.1, 0.15) is 19.8 Å². The van der Waals surface area contributed by atoms with Crippen LogP contribution in [0.3, 0.4) is 0 Å². The van der Waals surface area contributed by atoms with Gasteiger partial charge in [-0.25, -0.2) is 0 Å². The molecule has 0 aromatic carbocycles. The third-order valence-corrected chi connectivity index (χ3v) is 1.85. The molecule has 1 rings (SSSR count). The first-order valence-electron chi connectivity index (χ1n) is 3.60. The number of aliphatic hydroxyl groups is 1. The van der Waals surface area contributed by atoms with Gasteiger partial charge in [-0.05, 0) is 19.8 Å². The van der Waals surface area contributed by atoms with Crippen LogP contribution in [0.5, 0.6) is 0 Å². The topological polar surface area (TPSA) is 38.7 Å². The summed E-state index contributed by atoms with van der Waals surface area (Å²) in [6.07, 6.45) is 1.17. The zero-order valence-corrected chi connectivity index (χ0v) is 6.41. The summed E-state index contributed by atoms with van der Waals surface area (Å²) >= 11 is 0. The lowest BCUT2D eigenvalue weighted by molar-refractivity contribution is -0.218. The fraction of sp³-hybridized carbons (Fsp3) is 1.00. The molecule has 1 N–H and O–H groups in total. The quantitative estimate of drug-likeness (QED) is 0.586. The average molecular weight is 146 g/mol. The maximum Gasteiger partial charge on any atom is 0.181 e. The van der Waals surface area contributed by atoms with Gasteiger partial charge < -0.3 is 14.6 Å². The maximum atomic E-state index is 9.19. The molecule has 0 aliphatic carbocycles. The molecule has 0 aromatic heterocycles. The van der Waals surface area contributed by atoms with E-state index in [1.54, 1.807) is 7.11 Å². The number of hydrogen-bond donors (Lipinski definition) is 1. The summed E-state index contributed by atoms with van der Waals surface area (Å²) in [5.74, 6) is 0. The van der Waals surface area contributed by atoms with E-state index in [-0.39, 0.29) is 12.2 Å². The van der Waals surface area contributed by atoms with Crippen molar-refractivity contribution in [1.82, 2.24) is 0 Å². The van der Waals surface area contributed by atoms with Crippen LogP contribution in [0.25, 0.3) is 0 Å². The Morgan fingerprint density at radius 3 is 2.70 bits per heavy atom. The van der Waals surface area contributed by atoms with Gasteiger partial charge in [0.05, 0.1) is 6.10 Å². The fourth-order valence-corrected chi connectivity index (χ4v) is 1.17. The smallest absolute Gasteiger partial charge is 0.181 e. The minimum absolute atomic E-state index is 0.129. The largest absolute Gasteiger partial charge is 0.376 e. The standard InChI is InChI=1S/C7H14O3/c1-5-3-4-6(9-2)7(8)10-5/h5-8H,3-4H2,1-2H3/t5-,6-,7-/m1/s1. The molecule has 0 spiro atoms. The predicted octanol–water partition coefficient (Wildman–Crippen LogP) is 0.519. The Morgan fingerprint density at radius 1 is 1.50 bits per heavy atom. The summed E-state index contributed by atoms with van der Waals surface area (Å²) in [7, 11) is 1.59. The summed E-state index contributed by atoms with van der Waals surface area (Å²) in [5, 5.41) is 9.19. The Hall–Kier alpha value is -0.120. The van der Waals surface area contributed by atoms with E-state index in [1.807, 2.05) is 6.92 Å². The van der Waals surface area contributed by atoms with Gasteiger partial charge in [0.15, 0.2) is 6.29 Å². The molecular formula is C7H14O3. The summed E-state index contributed by atoms with van der Waals surface area (Å²) in [6.45, 7) is 1.95. The van der Waals surface area contributed by atoms with Gasteiger partial charge >= 0.3 is 0 Å². The van der Waals surface area contributed by atoms with Crippen molar-refractivity contribution in [3.63, 3.8) is 0 Å². The molecule has 0 saturated carbocycles. The molecular weight excluding hydrogens is 132 g/mol. The van der Waals surface area contributed by atoms with Gasteiger partial charge in [0, 0.05) is 7.11 Å².